The van der Waals surface area contributed by atoms with Crippen molar-refractivity contribution in [2.45, 2.75) is 33.4 Å². The van der Waals surface area contributed by atoms with E-state index in [9.17, 15) is 23.2 Å². The van der Waals surface area contributed by atoms with E-state index in [0.29, 0.717) is 36.5 Å². The fourth-order valence-corrected chi connectivity index (χ4v) is 6.81. The normalized spacial score (nSPS) is 18.2. The molecule has 1 N–H and O–H groups in total. The fourth-order valence-electron chi connectivity index (χ4n) is 6.64. The SMILES string of the molecule is CC(=O)N(C)CCC(C)CN1CC2CN(C(=O)Cn3cc(NC(=O)c4cnn5cccnc45)c(-c4cc(Cl)ccc4OC(F)F)n3)CC2C1. The zero-order valence-electron chi connectivity index (χ0n) is 27.4. The highest BCUT2D eigenvalue weighted by atomic mass is 35.5. The number of carbonyl (C=O) groups is 3. The number of aromatic nitrogens is 5. The highest BCUT2D eigenvalue weighted by Gasteiger charge is 2.41. The Morgan fingerprint density at radius 2 is 1.92 bits per heavy atom. The Balaban J connectivity index is 1.16. The topological polar surface area (TPSA) is 130 Å². The van der Waals surface area contributed by atoms with Gasteiger partial charge in [0.25, 0.3) is 5.91 Å². The molecular formula is C33H38ClF2N9O4. The Morgan fingerprint density at radius 1 is 1.16 bits per heavy atom. The predicted molar refractivity (Wildman–Crippen MR) is 177 cm³/mol. The van der Waals surface area contributed by atoms with Crippen molar-refractivity contribution >= 4 is 40.7 Å². The van der Waals surface area contributed by atoms with Gasteiger partial charge in [0, 0.05) is 82.4 Å². The summed E-state index contributed by atoms with van der Waals surface area (Å²) < 4.78 is 34.3. The molecule has 0 aliphatic carbocycles. The summed E-state index contributed by atoms with van der Waals surface area (Å²) >= 11 is 6.25. The number of nitrogens with one attached hydrogen (secondary N) is 1. The Kier molecular flexibility index (Phi) is 10.1. The van der Waals surface area contributed by atoms with Crippen molar-refractivity contribution in [2.24, 2.45) is 17.8 Å². The van der Waals surface area contributed by atoms with Crippen LogP contribution in [-0.4, -0.2) is 110 Å². The number of halogens is 3. The van der Waals surface area contributed by atoms with Crippen LogP contribution in [0.3, 0.4) is 0 Å². The van der Waals surface area contributed by atoms with Gasteiger partial charge in [0.1, 0.15) is 23.6 Å². The van der Waals surface area contributed by atoms with Gasteiger partial charge in [-0.25, -0.2) is 9.50 Å². The van der Waals surface area contributed by atoms with Crippen LogP contribution in [0.2, 0.25) is 5.02 Å². The number of likely N-dealkylation sites (tertiary alicyclic amines) is 2. The number of rotatable bonds is 12. The first-order valence-electron chi connectivity index (χ1n) is 16.1. The largest absolute Gasteiger partial charge is 0.434 e. The molecule has 0 bridgehead atoms. The first-order chi connectivity index (χ1) is 23.4. The Bertz CT molecular complexity index is 1840. The number of hydrogen-bond donors (Lipinski definition) is 1. The van der Waals surface area contributed by atoms with Crippen LogP contribution < -0.4 is 10.1 Å². The molecule has 3 aromatic heterocycles. The van der Waals surface area contributed by atoms with E-state index in [0.717, 1.165) is 32.6 Å². The van der Waals surface area contributed by atoms with E-state index in [2.05, 4.69) is 32.3 Å². The molecular weight excluding hydrogens is 660 g/mol. The third-order valence-electron chi connectivity index (χ3n) is 9.22. The third-order valence-corrected chi connectivity index (χ3v) is 9.46. The summed E-state index contributed by atoms with van der Waals surface area (Å²) in [4.78, 5) is 48.8. The summed E-state index contributed by atoms with van der Waals surface area (Å²) in [7, 11) is 1.82. The lowest BCUT2D eigenvalue weighted by atomic mass is 10.0. The minimum atomic E-state index is -3.12. The Hall–Kier alpha value is -4.63. The fraction of sp³-hybridized carbons (Fsp3) is 0.455. The average molecular weight is 698 g/mol. The highest BCUT2D eigenvalue weighted by molar-refractivity contribution is 6.31. The monoisotopic (exact) mass is 697 g/mol. The summed E-state index contributed by atoms with van der Waals surface area (Å²) in [6, 6.07) is 5.79. The van der Waals surface area contributed by atoms with Crippen LogP contribution >= 0.6 is 11.6 Å². The predicted octanol–water partition coefficient (Wildman–Crippen LogP) is 3.99. The summed E-state index contributed by atoms with van der Waals surface area (Å²) in [5.74, 6) is 0.333. The number of nitrogens with zero attached hydrogens (tertiary/aromatic N) is 8. The Morgan fingerprint density at radius 3 is 2.63 bits per heavy atom. The molecule has 0 spiro atoms. The summed E-state index contributed by atoms with van der Waals surface area (Å²) in [6.07, 6.45) is 6.97. The van der Waals surface area contributed by atoms with E-state index in [1.165, 1.54) is 46.0 Å². The molecule has 49 heavy (non-hydrogen) atoms. The molecule has 4 aromatic rings. The number of fused-ring (bicyclic) bond motifs is 2. The van der Waals surface area contributed by atoms with Gasteiger partial charge >= 0.3 is 6.61 Å². The maximum Gasteiger partial charge on any atom is 0.387 e. The summed E-state index contributed by atoms with van der Waals surface area (Å²) in [5, 5.41) is 11.7. The highest BCUT2D eigenvalue weighted by Crippen LogP contribution is 2.37. The number of hydrogen-bond acceptors (Lipinski definition) is 8. The maximum atomic E-state index is 13.6. The number of carbonyl (C=O) groups excluding carboxylic acids is 3. The van der Waals surface area contributed by atoms with Crippen LogP contribution in [0.4, 0.5) is 14.5 Å². The van der Waals surface area contributed by atoms with E-state index in [-0.39, 0.29) is 51.6 Å². The van der Waals surface area contributed by atoms with Crippen LogP contribution in [0.1, 0.15) is 30.6 Å². The van der Waals surface area contributed by atoms with Crippen LogP contribution in [0.5, 0.6) is 5.75 Å². The molecule has 260 valence electrons. The lowest BCUT2D eigenvalue weighted by Crippen LogP contribution is -2.36. The molecule has 6 rings (SSSR count). The molecule has 1 aromatic carbocycles. The summed E-state index contributed by atoms with van der Waals surface area (Å²) in [5.41, 5.74) is 0.876. The van der Waals surface area contributed by atoms with Gasteiger partial charge in [-0.1, -0.05) is 18.5 Å². The molecule has 5 heterocycles. The van der Waals surface area contributed by atoms with Crippen molar-refractivity contribution in [1.29, 1.82) is 0 Å². The first-order valence-corrected chi connectivity index (χ1v) is 16.5. The van der Waals surface area contributed by atoms with E-state index in [4.69, 9.17) is 16.3 Å². The van der Waals surface area contributed by atoms with Gasteiger partial charge in [-0.3, -0.25) is 19.1 Å². The maximum absolute atomic E-state index is 13.6. The molecule has 16 heteroatoms. The van der Waals surface area contributed by atoms with Crippen molar-refractivity contribution in [3.05, 3.63) is 59.6 Å². The second kappa shape index (κ2) is 14.5. The van der Waals surface area contributed by atoms with E-state index < -0.39 is 12.5 Å². The van der Waals surface area contributed by atoms with Crippen LogP contribution in [0.25, 0.3) is 16.9 Å². The number of anilines is 1. The molecule has 0 radical (unpaired) electrons. The van der Waals surface area contributed by atoms with Crippen molar-refractivity contribution in [3.8, 4) is 17.0 Å². The third kappa shape index (κ3) is 7.83. The van der Waals surface area contributed by atoms with Crippen LogP contribution in [0, 0.1) is 17.8 Å². The van der Waals surface area contributed by atoms with E-state index in [1.54, 1.807) is 24.1 Å². The number of alkyl halides is 2. The second-order valence-corrected chi connectivity index (χ2v) is 13.3. The van der Waals surface area contributed by atoms with Crippen molar-refractivity contribution in [1.82, 2.24) is 39.1 Å². The molecule has 2 aliphatic heterocycles. The molecule has 3 amide bonds. The number of amides is 3. The zero-order chi connectivity index (χ0) is 34.8. The zero-order valence-corrected chi connectivity index (χ0v) is 28.2. The van der Waals surface area contributed by atoms with Gasteiger partial charge in [-0.2, -0.15) is 19.0 Å². The summed E-state index contributed by atoms with van der Waals surface area (Å²) in [6.45, 7) is 5.28. The molecule has 3 atom stereocenters. The lowest BCUT2D eigenvalue weighted by Gasteiger charge is -2.25. The van der Waals surface area contributed by atoms with Gasteiger partial charge in [-0.05, 0) is 48.4 Å². The smallest absolute Gasteiger partial charge is 0.387 e. The molecule has 0 saturated carbocycles. The molecule has 2 saturated heterocycles. The van der Waals surface area contributed by atoms with Gasteiger partial charge in [-0.15, -0.1) is 0 Å². The van der Waals surface area contributed by atoms with Crippen molar-refractivity contribution in [2.75, 3.05) is 51.6 Å². The van der Waals surface area contributed by atoms with E-state index in [1.807, 2.05) is 11.9 Å². The van der Waals surface area contributed by atoms with Crippen molar-refractivity contribution in [3.63, 3.8) is 0 Å². The van der Waals surface area contributed by atoms with Crippen molar-refractivity contribution < 1.29 is 27.9 Å². The van der Waals surface area contributed by atoms with Gasteiger partial charge in [0.05, 0.1) is 11.9 Å². The molecule has 2 aliphatic rings. The molecule has 3 unspecified atom stereocenters. The molecule has 2 fully saturated rings. The first kappa shape index (κ1) is 34.2. The lowest BCUT2D eigenvalue weighted by molar-refractivity contribution is -0.131. The van der Waals surface area contributed by atoms with Gasteiger partial charge in [0.2, 0.25) is 11.8 Å². The standard InChI is InChI=1S/C33H38ClF2N9O4/c1-20(7-10-41(3)21(2)46)13-42-14-22-16-43(17-23(22)15-42)29(47)19-44-18-27(39-32(48)26-12-38-45-9-4-8-37-31(26)45)30(40-44)25-11-24(34)5-6-28(25)49-33(35)36/h4-6,8-9,11-12,18,20,22-23,33H,7,10,13-17,19H2,1-3H3,(H,39,48). The van der Waals surface area contributed by atoms with Gasteiger partial charge in [0.15, 0.2) is 5.65 Å². The number of ether oxygens (including phenoxy) is 1. The minimum Gasteiger partial charge on any atom is -0.434 e. The van der Waals surface area contributed by atoms with Crippen LogP contribution in [-0.2, 0) is 16.1 Å². The van der Waals surface area contributed by atoms with Gasteiger partial charge < -0.3 is 24.8 Å². The molecule has 13 nitrogen and oxygen atoms in total. The van der Waals surface area contributed by atoms with Crippen LogP contribution in [0.15, 0.2) is 49.1 Å². The number of benzene rings is 1. The average Bonchev–Trinajstić information content (AvgIpc) is 3.83. The second-order valence-electron chi connectivity index (χ2n) is 12.9. The quantitative estimate of drug-likeness (QED) is 0.235. The Labute approximate surface area is 286 Å². The minimum absolute atomic E-state index is 0.0656. The van der Waals surface area contributed by atoms with E-state index >= 15 is 0 Å².